The molecule has 1 saturated heterocycles. The van der Waals surface area contributed by atoms with Gasteiger partial charge in [-0.2, -0.15) is 0 Å². The van der Waals surface area contributed by atoms with Crippen molar-refractivity contribution in [2.45, 2.75) is 32.2 Å². The average Bonchev–Trinajstić information content (AvgIpc) is 3.42. The second-order valence-electron chi connectivity index (χ2n) is 9.26. The molecular formula is C24H25Cl2N5O2. The molecule has 3 aromatic heterocycles. The minimum absolute atomic E-state index is 0.239. The number of hydrogen-bond donors (Lipinski definition) is 0. The van der Waals surface area contributed by atoms with Gasteiger partial charge in [0.05, 0.1) is 15.7 Å². The Morgan fingerprint density at radius 1 is 0.939 bits per heavy atom. The number of aromatic nitrogens is 3. The highest BCUT2D eigenvalue weighted by molar-refractivity contribution is 6.38. The van der Waals surface area contributed by atoms with Crippen LogP contribution in [0, 0.1) is 0 Å². The summed E-state index contributed by atoms with van der Waals surface area (Å²) >= 11 is 12.8. The lowest BCUT2D eigenvalue weighted by Crippen LogP contribution is -2.48. The van der Waals surface area contributed by atoms with Crippen molar-refractivity contribution < 1.29 is 8.83 Å². The molecule has 4 aromatic rings. The number of furan rings is 1. The third kappa shape index (κ3) is 4.33. The number of para-hydroxylation sites is 1. The predicted molar refractivity (Wildman–Crippen MR) is 129 cm³/mol. The number of nitrogens with zero attached hydrogens (tertiary/aromatic N) is 5. The van der Waals surface area contributed by atoms with Crippen molar-refractivity contribution in [3.8, 4) is 0 Å². The van der Waals surface area contributed by atoms with Crippen LogP contribution in [0.3, 0.4) is 0 Å². The van der Waals surface area contributed by atoms with Crippen LogP contribution in [0.2, 0.25) is 10.0 Å². The van der Waals surface area contributed by atoms with Gasteiger partial charge in [0.2, 0.25) is 11.8 Å². The summed E-state index contributed by atoms with van der Waals surface area (Å²) in [5, 5.41) is 10.9. The molecule has 1 fully saturated rings. The van der Waals surface area contributed by atoms with Gasteiger partial charge >= 0.3 is 0 Å². The minimum atomic E-state index is -0.286. The molecule has 0 saturated carbocycles. The van der Waals surface area contributed by atoms with E-state index in [1.165, 1.54) is 0 Å². The van der Waals surface area contributed by atoms with Crippen LogP contribution in [0.1, 0.15) is 44.4 Å². The third-order valence-corrected chi connectivity index (χ3v) is 6.41. The summed E-state index contributed by atoms with van der Waals surface area (Å²) in [6.45, 7) is 9.12. The third-order valence-electron chi connectivity index (χ3n) is 5.85. The highest BCUT2D eigenvalue weighted by atomic mass is 35.5. The zero-order chi connectivity index (χ0) is 23.2. The van der Waals surface area contributed by atoms with Crippen LogP contribution in [-0.4, -0.2) is 46.3 Å². The van der Waals surface area contributed by atoms with E-state index >= 15 is 0 Å². The van der Waals surface area contributed by atoms with Crippen molar-refractivity contribution in [3.05, 3.63) is 70.3 Å². The van der Waals surface area contributed by atoms with E-state index in [0.29, 0.717) is 21.8 Å². The zero-order valence-corrected chi connectivity index (χ0v) is 20.3. The van der Waals surface area contributed by atoms with Gasteiger partial charge in [-0.1, -0.05) is 62.2 Å². The first-order valence-electron chi connectivity index (χ1n) is 10.9. The minimum Gasteiger partial charge on any atom is -0.459 e. The summed E-state index contributed by atoms with van der Waals surface area (Å²) in [6.07, 6.45) is 3.25. The van der Waals surface area contributed by atoms with Crippen LogP contribution in [0.25, 0.3) is 11.0 Å². The number of fused-ring (bicyclic) bond motifs is 1. The number of anilines is 1. The summed E-state index contributed by atoms with van der Waals surface area (Å²) in [5.41, 5.74) is 1.42. The summed E-state index contributed by atoms with van der Waals surface area (Å²) < 4.78 is 12.4. The van der Waals surface area contributed by atoms with Crippen molar-refractivity contribution in [2.75, 3.05) is 31.1 Å². The molecule has 1 aromatic carbocycles. The van der Waals surface area contributed by atoms with Gasteiger partial charge in [0, 0.05) is 49.4 Å². The number of rotatable bonds is 4. The fourth-order valence-electron chi connectivity index (χ4n) is 4.15. The van der Waals surface area contributed by atoms with Crippen LogP contribution in [0.15, 0.2) is 51.6 Å². The Balaban J connectivity index is 1.47. The molecular weight excluding hydrogens is 461 g/mol. The van der Waals surface area contributed by atoms with E-state index in [1.54, 1.807) is 12.4 Å². The molecule has 1 unspecified atom stereocenters. The van der Waals surface area contributed by atoms with Gasteiger partial charge in [-0.05, 0) is 12.1 Å². The molecule has 0 bridgehead atoms. The fourth-order valence-corrected chi connectivity index (χ4v) is 4.76. The molecule has 0 N–H and O–H groups in total. The first-order chi connectivity index (χ1) is 15.8. The number of benzene rings is 1. The quantitative estimate of drug-likeness (QED) is 0.365. The van der Waals surface area contributed by atoms with Crippen LogP contribution in [0.4, 0.5) is 5.69 Å². The molecule has 0 radical (unpaired) electrons. The molecule has 33 heavy (non-hydrogen) atoms. The van der Waals surface area contributed by atoms with Gasteiger partial charge in [0.25, 0.3) is 0 Å². The number of hydrogen-bond acceptors (Lipinski definition) is 7. The number of piperazine rings is 1. The second-order valence-corrected chi connectivity index (χ2v) is 10.1. The summed E-state index contributed by atoms with van der Waals surface area (Å²) in [6, 6.07) is 9.75. The fraction of sp³-hybridized carbons (Fsp3) is 0.375. The van der Waals surface area contributed by atoms with Crippen molar-refractivity contribution in [1.82, 2.24) is 20.1 Å². The maximum Gasteiger partial charge on any atom is 0.241 e. The van der Waals surface area contributed by atoms with Crippen LogP contribution >= 0.6 is 23.2 Å². The van der Waals surface area contributed by atoms with Crippen molar-refractivity contribution in [3.63, 3.8) is 0 Å². The highest BCUT2D eigenvalue weighted by Crippen LogP contribution is 2.37. The lowest BCUT2D eigenvalue weighted by molar-refractivity contribution is 0.166. The summed E-state index contributed by atoms with van der Waals surface area (Å²) in [7, 11) is 0. The van der Waals surface area contributed by atoms with Gasteiger partial charge in [-0.15, -0.1) is 10.2 Å². The van der Waals surface area contributed by atoms with Crippen LogP contribution in [0.5, 0.6) is 0 Å². The molecule has 0 aliphatic carbocycles. The monoisotopic (exact) mass is 485 g/mol. The largest absolute Gasteiger partial charge is 0.459 e. The van der Waals surface area contributed by atoms with E-state index in [0.717, 1.165) is 48.6 Å². The molecule has 1 aliphatic heterocycles. The molecule has 5 rings (SSSR count). The Bertz CT molecular complexity index is 1220. The smallest absolute Gasteiger partial charge is 0.241 e. The maximum atomic E-state index is 6.39. The van der Waals surface area contributed by atoms with Gasteiger partial charge in [0.15, 0.2) is 0 Å². The molecule has 9 heteroatoms. The normalized spacial score (nSPS) is 16.5. The van der Waals surface area contributed by atoms with Crippen molar-refractivity contribution in [2.24, 2.45) is 0 Å². The number of pyridine rings is 1. The molecule has 0 amide bonds. The van der Waals surface area contributed by atoms with E-state index in [1.807, 2.05) is 24.3 Å². The van der Waals surface area contributed by atoms with Crippen molar-refractivity contribution in [1.29, 1.82) is 0 Å². The van der Waals surface area contributed by atoms with E-state index in [9.17, 15) is 0 Å². The van der Waals surface area contributed by atoms with E-state index in [-0.39, 0.29) is 11.5 Å². The zero-order valence-electron chi connectivity index (χ0n) is 18.8. The van der Waals surface area contributed by atoms with Gasteiger partial charge in [-0.25, -0.2) is 0 Å². The van der Waals surface area contributed by atoms with Gasteiger partial charge in [-0.3, -0.25) is 9.88 Å². The van der Waals surface area contributed by atoms with E-state index in [4.69, 9.17) is 32.0 Å². The lowest BCUT2D eigenvalue weighted by atomic mass is 9.97. The van der Waals surface area contributed by atoms with Crippen LogP contribution in [-0.2, 0) is 5.41 Å². The Morgan fingerprint density at radius 3 is 2.27 bits per heavy atom. The van der Waals surface area contributed by atoms with Crippen molar-refractivity contribution >= 4 is 39.9 Å². The average molecular weight is 486 g/mol. The lowest BCUT2D eigenvalue weighted by Gasteiger charge is -2.38. The molecule has 0 spiro atoms. The van der Waals surface area contributed by atoms with Gasteiger partial charge < -0.3 is 13.7 Å². The Hall–Kier alpha value is -2.61. The SMILES string of the molecule is CC(C)(C)c1nnc(C(c2cc3ccccc3o2)N2CCN(c3c(Cl)cncc3Cl)CC2)o1. The van der Waals surface area contributed by atoms with Crippen LogP contribution < -0.4 is 4.90 Å². The Kier molecular flexibility index (Phi) is 5.80. The summed E-state index contributed by atoms with van der Waals surface area (Å²) in [4.78, 5) is 8.55. The first kappa shape index (κ1) is 22.2. The Morgan fingerprint density at radius 2 is 1.64 bits per heavy atom. The second kappa shape index (κ2) is 8.63. The van der Waals surface area contributed by atoms with Gasteiger partial charge in [0.1, 0.15) is 17.4 Å². The topological polar surface area (TPSA) is 71.4 Å². The molecule has 1 atom stereocenters. The molecule has 1 aliphatic rings. The highest BCUT2D eigenvalue weighted by Gasteiger charge is 2.35. The maximum absolute atomic E-state index is 6.39. The standard InChI is InChI=1S/C24H25Cl2N5O2/c1-24(2,3)23-29-28-22(33-23)21(19-12-15-6-4-5-7-18(15)32-19)31-10-8-30(9-11-31)20-16(25)13-27-14-17(20)26/h4-7,12-14,21H,8-11H2,1-3H3. The summed E-state index contributed by atoms with van der Waals surface area (Å²) in [5.74, 6) is 1.92. The van der Waals surface area contributed by atoms with E-state index < -0.39 is 0 Å². The molecule has 172 valence electrons. The molecule has 7 nitrogen and oxygen atoms in total. The number of halogens is 2. The first-order valence-corrected chi connectivity index (χ1v) is 11.7. The Labute approximate surface area is 202 Å². The van der Waals surface area contributed by atoms with E-state index in [2.05, 4.69) is 51.8 Å². The molecule has 4 heterocycles. The predicted octanol–water partition coefficient (Wildman–Crippen LogP) is 5.73.